The number of nitrogens with one attached hydrogen (secondary N) is 1. The van der Waals surface area contributed by atoms with E-state index in [1.807, 2.05) is 0 Å². The van der Waals surface area contributed by atoms with Crippen LogP contribution in [0.5, 0.6) is 11.5 Å². The van der Waals surface area contributed by atoms with Crippen LogP contribution in [0.25, 0.3) is 0 Å². The molecule has 0 aliphatic rings. The Labute approximate surface area is 175 Å². The Balaban J connectivity index is 1.99. The topological polar surface area (TPSA) is 65.4 Å². The van der Waals surface area contributed by atoms with E-state index in [4.69, 9.17) is 4.74 Å². The molecule has 0 aliphatic carbocycles. The van der Waals surface area contributed by atoms with E-state index in [0.29, 0.717) is 16.8 Å². The minimum absolute atomic E-state index is 0.0221. The van der Waals surface area contributed by atoms with Crippen molar-refractivity contribution < 1.29 is 27.0 Å². The Bertz CT molecular complexity index is 1140. The summed E-state index contributed by atoms with van der Waals surface area (Å²) in [5.74, 6) is -1.41. The molecule has 0 amide bonds. The van der Waals surface area contributed by atoms with Crippen LogP contribution in [0.15, 0.2) is 41.3 Å². The van der Waals surface area contributed by atoms with Crippen molar-refractivity contribution >= 4 is 11.6 Å². The van der Waals surface area contributed by atoms with E-state index in [9.17, 15) is 22.4 Å². The van der Waals surface area contributed by atoms with E-state index in [1.165, 1.54) is 55.1 Å². The predicted octanol–water partition coefficient (Wildman–Crippen LogP) is 4.54. The molecule has 1 aromatic heterocycles. The Morgan fingerprint density at radius 1 is 1.13 bits per heavy atom. The third-order valence-electron chi connectivity index (χ3n) is 4.55. The van der Waals surface area contributed by atoms with Gasteiger partial charge in [0.2, 0.25) is 11.7 Å². The summed E-state index contributed by atoms with van der Waals surface area (Å²) in [5.41, 5.74) is 0.557. The number of aromatic nitrogens is 2. The molecule has 2 aromatic carbocycles. The summed E-state index contributed by atoms with van der Waals surface area (Å²) in [7, 11) is 1.30. The molecule has 6 nitrogen and oxygen atoms in total. The summed E-state index contributed by atoms with van der Waals surface area (Å²) in [6, 6.07) is 6.59. The lowest BCUT2D eigenvalue weighted by atomic mass is 10.1. The van der Waals surface area contributed by atoms with Crippen LogP contribution in [0.1, 0.15) is 16.7 Å². The number of rotatable bonds is 7. The summed E-state index contributed by atoms with van der Waals surface area (Å²) >= 11 is 0. The zero-order chi connectivity index (χ0) is 22.7. The number of anilines is 2. The minimum Gasteiger partial charge on any atom is -0.490 e. The van der Waals surface area contributed by atoms with E-state index in [2.05, 4.69) is 15.0 Å². The largest absolute Gasteiger partial charge is 0.490 e. The molecule has 0 saturated heterocycles. The van der Waals surface area contributed by atoms with Crippen LogP contribution in [-0.4, -0.2) is 23.3 Å². The highest BCUT2D eigenvalue weighted by Crippen LogP contribution is 2.26. The zero-order valence-electron chi connectivity index (χ0n) is 16.9. The molecule has 0 unspecified atom stereocenters. The van der Waals surface area contributed by atoms with Crippen molar-refractivity contribution in [2.75, 3.05) is 12.4 Å². The number of hydrogen-bond acceptors (Lipinski definition) is 5. The number of ether oxygens (including phenoxy) is 2. The van der Waals surface area contributed by atoms with Crippen LogP contribution in [0.4, 0.5) is 29.2 Å². The molecule has 0 spiro atoms. The molecule has 3 rings (SSSR count). The molecule has 0 atom stereocenters. The third-order valence-corrected chi connectivity index (χ3v) is 4.55. The van der Waals surface area contributed by atoms with E-state index >= 15 is 0 Å². The van der Waals surface area contributed by atoms with E-state index < -0.39 is 23.8 Å². The van der Waals surface area contributed by atoms with Gasteiger partial charge in [-0.3, -0.25) is 4.79 Å². The Morgan fingerprint density at radius 3 is 2.39 bits per heavy atom. The lowest BCUT2D eigenvalue weighted by Crippen LogP contribution is -2.19. The second-order valence-corrected chi connectivity index (χ2v) is 6.73. The van der Waals surface area contributed by atoms with Crippen molar-refractivity contribution in [3.63, 3.8) is 0 Å². The zero-order valence-corrected chi connectivity index (χ0v) is 16.9. The van der Waals surface area contributed by atoms with Gasteiger partial charge < -0.3 is 19.4 Å². The fraction of sp³-hybridized carbons (Fsp3) is 0.238. The number of benzene rings is 2. The number of alkyl halides is 2. The van der Waals surface area contributed by atoms with Crippen LogP contribution in [0.2, 0.25) is 0 Å². The summed E-state index contributed by atoms with van der Waals surface area (Å²) in [6.07, 6.45) is 1.36. The highest BCUT2D eigenvalue weighted by Gasteiger charge is 2.14. The molecule has 1 heterocycles. The molecule has 0 saturated carbocycles. The maximum atomic E-state index is 14.0. The summed E-state index contributed by atoms with van der Waals surface area (Å²) in [6.45, 7) is 0.000460. The highest BCUT2D eigenvalue weighted by molar-refractivity contribution is 5.60. The molecule has 0 bridgehead atoms. The standard InChI is InChI=1S/C21H19F4N3O3/c1-11-6-14(31-20(24)25)4-5-17(11)26-21-27-19(29)18(30-3)10-28(21)9-13-7-15(22)12(2)16(23)8-13/h4-8,10,20H,9H2,1-3H3,(H,26,27,29). The van der Waals surface area contributed by atoms with Gasteiger partial charge in [0, 0.05) is 11.3 Å². The minimum atomic E-state index is -2.96. The fourth-order valence-electron chi connectivity index (χ4n) is 2.89. The number of methoxy groups -OCH3 is 1. The first-order valence-electron chi connectivity index (χ1n) is 9.10. The van der Waals surface area contributed by atoms with Crippen LogP contribution in [-0.2, 0) is 6.54 Å². The lowest BCUT2D eigenvalue weighted by molar-refractivity contribution is -0.0498. The van der Waals surface area contributed by atoms with Gasteiger partial charge in [0.05, 0.1) is 19.9 Å². The van der Waals surface area contributed by atoms with E-state index in [1.54, 1.807) is 6.92 Å². The number of hydrogen-bond donors (Lipinski definition) is 1. The van der Waals surface area contributed by atoms with Gasteiger partial charge in [0.15, 0.2) is 0 Å². The summed E-state index contributed by atoms with van der Waals surface area (Å²) in [5, 5.41) is 2.94. The van der Waals surface area contributed by atoms with Gasteiger partial charge >= 0.3 is 12.2 Å². The van der Waals surface area contributed by atoms with E-state index in [0.717, 1.165) is 0 Å². The molecule has 0 radical (unpaired) electrons. The van der Waals surface area contributed by atoms with Crippen molar-refractivity contribution in [2.45, 2.75) is 27.0 Å². The first-order valence-corrected chi connectivity index (χ1v) is 9.10. The van der Waals surface area contributed by atoms with Crippen LogP contribution in [0, 0.1) is 25.5 Å². The maximum absolute atomic E-state index is 14.0. The number of aryl methyl sites for hydroxylation is 1. The average molecular weight is 437 g/mol. The van der Waals surface area contributed by atoms with Crippen molar-refractivity contribution in [2.24, 2.45) is 0 Å². The van der Waals surface area contributed by atoms with Crippen LogP contribution < -0.4 is 20.3 Å². The predicted molar refractivity (Wildman–Crippen MR) is 106 cm³/mol. The monoisotopic (exact) mass is 437 g/mol. The second-order valence-electron chi connectivity index (χ2n) is 6.73. The van der Waals surface area contributed by atoms with Gasteiger partial charge in [-0.15, -0.1) is 0 Å². The molecular weight excluding hydrogens is 418 g/mol. The number of nitrogens with zero attached hydrogens (tertiary/aromatic N) is 2. The van der Waals surface area contributed by atoms with Gasteiger partial charge in [0.25, 0.3) is 0 Å². The van der Waals surface area contributed by atoms with Crippen molar-refractivity contribution in [3.05, 3.63) is 75.2 Å². The third kappa shape index (κ3) is 5.14. The molecule has 1 N–H and O–H groups in total. The lowest BCUT2D eigenvalue weighted by Gasteiger charge is -2.17. The maximum Gasteiger partial charge on any atom is 0.387 e. The highest BCUT2D eigenvalue weighted by atomic mass is 19.3. The number of halogens is 4. The first-order chi connectivity index (χ1) is 14.7. The summed E-state index contributed by atoms with van der Waals surface area (Å²) < 4.78 is 63.6. The summed E-state index contributed by atoms with van der Waals surface area (Å²) in [4.78, 5) is 16.1. The SMILES string of the molecule is COc1cn(Cc2cc(F)c(C)c(F)c2)c(Nc2ccc(OC(F)F)cc2C)nc1=O. The van der Waals surface area contributed by atoms with Gasteiger partial charge in [0.1, 0.15) is 17.4 Å². The van der Waals surface area contributed by atoms with Gasteiger partial charge in [-0.25, -0.2) is 8.78 Å². The molecule has 0 fully saturated rings. The second kappa shape index (κ2) is 9.07. The molecular formula is C21H19F4N3O3. The Hall–Kier alpha value is -3.56. The smallest absolute Gasteiger partial charge is 0.387 e. The molecule has 3 aromatic rings. The fourth-order valence-corrected chi connectivity index (χ4v) is 2.89. The van der Waals surface area contributed by atoms with Crippen LogP contribution >= 0.6 is 0 Å². The molecule has 0 aliphatic heterocycles. The quantitative estimate of drug-likeness (QED) is 0.550. The van der Waals surface area contributed by atoms with Gasteiger partial charge in [-0.1, -0.05) is 0 Å². The molecule has 31 heavy (non-hydrogen) atoms. The van der Waals surface area contributed by atoms with Gasteiger partial charge in [-0.2, -0.15) is 13.8 Å². The average Bonchev–Trinajstić information content (AvgIpc) is 2.69. The van der Waals surface area contributed by atoms with Gasteiger partial charge in [-0.05, 0) is 55.3 Å². The van der Waals surface area contributed by atoms with Crippen molar-refractivity contribution in [3.8, 4) is 11.5 Å². The van der Waals surface area contributed by atoms with Crippen molar-refractivity contribution in [1.82, 2.24) is 9.55 Å². The molecule has 164 valence electrons. The Morgan fingerprint density at radius 2 is 1.81 bits per heavy atom. The van der Waals surface area contributed by atoms with Crippen LogP contribution in [0.3, 0.4) is 0 Å². The molecule has 10 heteroatoms. The normalized spacial score (nSPS) is 11.0. The Kier molecular flexibility index (Phi) is 6.47. The first kappa shape index (κ1) is 22.1. The van der Waals surface area contributed by atoms with Crippen molar-refractivity contribution in [1.29, 1.82) is 0 Å². The van der Waals surface area contributed by atoms with E-state index in [-0.39, 0.29) is 29.6 Å².